The van der Waals surface area contributed by atoms with Gasteiger partial charge in [-0.05, 0) is 75.9 Å². The van der Waals surface area contributed by atoms with Crippen LogP contribution in [0.5, 0.6) is 0 Å². The summed E-state index contributed by atoms with van der Waals surface area (Å²) in [7, 11) is -17.7. The quantitative estimate of drug-likeness (QED) is 0.180. The average Bonchev–Trinajstić information content (AvgIpc) is 2.71. The van der Waals surface area contributed by atoms with Crippen LogP contribution in [0.1, 0.15) is 38.8 Å². The predicted molar refractivity (Wildman–Crippen MR) is 132 cm³/mol. The van der Waals surface area contributed by atoms with E-state index in [2.05, 4.69) is 9.44 Å². The normalized spacial score (nSPS) is 12.5. The standard InChI is InChI=1S/C20H28N2O10S4.2Na/c1-13(2)33(23,24)21-17-9-7-15(19(11-17)35(27,28)29)5-6-16-8-10-18(12-20(16)36(30,31)32)22-34(25,26)14(3)4;;/h7-14,21-22H,5-6H2,1-4H3,(H,27,28,29)(H,30,31,32);;/q;2*+1/p-2. The molecular formula is C20H26N2Na2O10S4. The van der Waals surface area contributed by atoms with Crippen LogP contribution in [0.4, 0.5) is 11.4 Å². The molecule has 0 bridgehead atoms. The van der Waals surface area contributed by atoms with Crippen molar-refractivity contribution < 1.29 is 102 Å². The number of hydrogen-bond donors (Lipinski definition) is 2. The molecule has 0 spiro atoms. The van der Waals surface area contributed by atoms with E-state index in [1.54, 1.807) is 0 Å². The maximum absolute atomic E-state index is 12.1. The van der Waals surface area contributed by atoms with E-state index in [4.69, 9.17) is 0 Å². The molecule has 12 nitrogen and oxygen atoms in total. The molecule has 0 radical (unpaired) electrons. The summed E-state index contributed by atoms with van der Waals surface area (Å²) < 4.78 is 124. The Morgan fingerprint density at radius 3 is 1.13 bits per heavy atom. The van der Waals surface area contributed by atoms with Gasteiger partial charge in [-0.15, -0.1) is 0 Å². The van der Waals surface area contributed by atoms with E-state index in [1.807, 2.05) is 0 Å². The van der Waals surface area contributed by atoms with Gasteiger partial charge in [-0.1, -0.05) is 12.1 Å². The second-order valence-electron chi connectivity index (χ2n) is 8.44. The minimum Gasteiger partial charge on any atom is -0.744 e. The third-order valence-electron chi connectivity index (χ3n) is 5.10. The Morgan fingerprint density at radius 1 is 0.605 bits per heavy atom. The van der Waals surface area contributed by atoms with E-state index < -0.39 is 60.6 Å². The first-order valence-electron chi connectivity index (χ1n) is 10.4. The van der Waals surface area contributed by atoms with Crippen molar-refractivity contribution in [3.63, 3.8) is 0 Å². The fraction of sp³-hybridized carbons (Fsp3) is 0.400. The zero-order valence-electron chi connectivity index (χ0n) is 21.7. The van der Waals surface area contributed by atoms with Crippen LogP contribution in [0, 0.1) is 0 Å². The molecule has 0 amide bonds. The molecule has 0 saturated heterocycles. The van der Waals surface area contributed by atoms with Gasteiger partial charge in [0.05, 0.1) is 20.3 Å². The summed E-state index contributed by atoms with van der Waals surface area (Å²) in [6, 6.07) is 6.65. The van der Waals surface area contributed by atoms with Crippen LogP contribution in [-0.2, 0) is 53.1 Å². The van der Waals surface area contributed by atoms with Crippen molar-refractivity contribution in [2.45, 2.75) is 60.8 Å². The van der Waals surface area contributed by atoms with Crippen LogP contribution in [-0.4, -0.2) is 53.3 Å². The van der Waals surface area contributed by atoms with E-state index in [-0.39, 0.29) is 94.5 Å². The molecule has 0 aliphatic heterocycles. The van der Waals surface area contributed by atoms with Gasteiger partial charge in [0.25, 0.3) is 0 Å². The number of aryl methyl sites for hydroxylation is 2. The molecule has 0 aromatic heterocycles. The maximum atomic E-state index is 12.1. The van der Waals surface area contributed by atoms with Gasteiger partial charge in [-0.25, -0.2) is 33.7 Å². The monoisotopic (exact) mass is 628 g/mol. The van der Waals surface area contributed by atoms with Crippen molar-refractivity contribution in [2.75, 3.05) is 9.44 Å². The third-order valence-corrected chi connectivity index (χ3v) is 10.5. The van der Waals surface area contributed by atoms with Crippen LogP contribution in [0.3, 0.4) is 0 Å². The van der Waals surface area contributed by atoms with Crippen LogP contribution in [0.25, 0.3) is 0 Å². The van der Waals surface area contributed by atoms with Crippen molar-refractivity contribution in [2.24, 2.45) is 0 Å². The number of sulfonamides is 2. The maximum Gasteiger partial charge on any atom is 1.00 e. The number of hydrogen-bond acceptors (Lipinski definition) is 10. The van der Waals surface area contributed by atoms with Gasteiger partial charge in [0.15, 0.2) is 0 Å². The summed E-state index contributed by atoms with van der Waals surface area (Å²) in [5.41, 5.74) is -0.356. The van der Waals surface area contributed by atoms with Crippen molar-refractivity contribution >= 4 is 51.7 Å². The predicted octanol–water partition coefficient (Wildman–Crippen LogP) is -4.41. The number of nitrogens with one attached hydrogen (secondary N) is 2. The first kappa shape index (κ1) is 37.8. The van der Waals surface area contributed by atoms with E-state index >= 15 is 0 Å². The van der Waals surface area contributed by atoms with Gasteiger partial charge in [-0.3, -0.25) is 9.44 Å². The molecule has 2 rings (SSSR count). The second kappa shape index (κ2) is 14.1. The first-order chi connectivity index (χ1) is 16.2. The van der Waals surface area contributed by atoms with Gasteiger partial charge in [0.2, 0.25) is 20.0 Å². The Labute approximate surface area is 268 Å². The molecule has 0 heterocycles. The Morgan fingerprint density at radius 2 is 0.895 bits per heavy atom. The Hall–Kier alpha value is -0.240. The molecule has 0 aliphatic rings. The summed E-state index contributed by atoms with van der Waals surface area (Å²) in [6.07, 6.45) is -0.402. The van der Waals surface area contributed by atoms with Crippen LogP contribution < -0.4 is 68.6 Å². The van der Waals surface area contributed by atoms with Gasteiger partial charge in [-0.2, -0.15) is 0 Å². The summed E-state index contributed by atoms with van der Waals surface area (Å²) in [5.74, 6) is 0. The second-order valence-corrected chi connectivity index (χ2v) is 15.6. The molecule has 38 heavy (non-hydrogen) atoms. The minimum absolute atomic E-state index is 0. The summed E-state index contributed by atoms with van der Waals surface area (Å²) in [4.78, 5) is -1.42. The molecule has 2 aromatic carbocycles. The Kier molecular flexibility index (Phi) is 14.0. The molecule has 2 N–H and O–H groups in total. The molecule has 0 saturated carbocycles. The SMILES string of the molecule is CC(C)S(=O)(=O)Nc1ccc(CCc2ccc(NS(=O)(=O)C(C)C)cc2S(=O)(=O)[O-])c(S(=O)(=O)[O-])c1.[Na+].[Na+]. The molecule has 2 aromatic rings. The van der Waals surface area contributed by atoms with Crippen molar-refractivity contribution in [3.05, 3.63) is 47.5 Å². The van der Waals surface area contributed by atoms with E-state index in [0.717, 1.165) is 12.1 Å². The van der Waals surface area contributed by atoms with E-state index in [1.165, 1.54) is 52.0 Å². The topological polar surface area (TPSA) is 207 Å². The van der Waals surface area contributed by atoms with Gasteiger partial charge in [0.1, 0.15) is 20.2 Å². The zero-order valence-corrected chi connectivity index (χ0v) is 29.0. The smallest absolute Gasteiger partial charge is 0.744 e. The molecule has 202 valence electrons. The van der Waals surface area contributed by atoms with Crippen LogP contribution in [0.2, 0.25) is 0 Å². The summed E-state index contributed by atoms with van der Waals surface area (Å²) in [5, 5.41) is -1.66. The van der Waals surface area contributed by atoms with Crippen molar-refractivity contribution in [1.29, 1.82) is 0 Å². The van der Waals surface area contributed by atoms with Crippen molar-refractivity contribution in [3.8, 4) is 0 Å². The van der Waals surface area contributed by atoms with E-state index in [9.17, 15) is 42.8 Å². The fourth-order valence-corrected chi connectivity index (χ4v) is 5.86. The molecule has 0 fully saturated rings. The fourth-order valence-electron chi connectivity index (χ4n) is 2.95. The Balaban J connectivity index is 0.00000684. The number of rotatable bonds is 11. The van der Waals surface area contributed by atoms with Crippen LogP contribution >= 0.6 is 0 Å². The molecule has 0 aliphatic carbocycles. The Bertz CT molecular complexity index is 1450. The summed E-state index contributed by atoms with van der Waals surface area (Å²) in [6.45, 7) is 5.62. The molecule has 0 unspecified atom stereocenters. The van der Waals surface area contributed by atoms with E-state index in [0.29, 0.717) is 0 Å². The van der Waals surface area contributed by atoms with Gasteiger partial charge in [0, 0.05) is 11.4 Å². The molecule has 18 heteroatoms. The van der Waals surface area contributed by atoms with Crippen molar-refractivity contribution in [1.82, 2.24) is 0 Å². The molecular weight excluding hydrogens is 602 g/mol. The largest absolute Gasteiger partial charge is 1.00 e. The van der Waals surface area contributed by atoms with Gasteiger partial charge < -0.3 is 9.11 Å². The minimum atomic E-state index is -5.05. The number of anilines is 2. The average molecular weight is 629 g/mol. The zero-order chi connectivity index (χ0) is 27.7. The summed E-state index contributed by atoms with van der Waals surface area (Å²) >= 11 is 0. The third kappa shape index (κ3) is 10.3. The number of benzene rings is 2. The first-order valence-corrected chi connectivity index (χ1v) is 16.4. The van der Waals surface area contributed by atoms with Gasteiger partial charge >= 0.3 is 59.1 Å². The molecule has 0 atom stereocenters. The van der Waals surface area contributed by atoms with Crippen LogP contribution in [0.15, 0.2) is 46.2 Å².